The number of carboxylic acids is 1. The summed E-state index contributed by atoms with van der Waals surface area (Å²) < 4.78 is 6.02. The normalized spacial score (nSPS) is 15.4. The number of aromatic carboxylic acids is 1. The SMILES string of the molecule is CC(=O)NCCCN(C)CCCNC(=S)Nc1ccc(C(=O)O)c(C2=C3C=CC(O)=CC3Oc3cc(O)ccc32)c1. The van der Waals surface area contributed by atoms with Gasteiger partial charge < -0.3 is 40.9 Å². The molecule has 0 saturated heterocycles. The van der Waals surface area contributed by atoms with Crippen LogP contribution in [0.1, 0.15) is 41.3 Å². The van der Waals surface area contributed by atoms with Gasteiger partial charge in [0.25, 0.3) is 0 Å². The molecule has 41 heavy (non-hydrogen) atoms. The highest BCUT2D eigenvalue weighted by molar-refractivity contribution is 7.80. The van der Waals surface area contributed by atoms with E-state index in [4.69, 9.17) is 17.0 Å². The molecule has 0 radical (unpaired) electrons. The number of carboxylic acid groups (broad SMARTS) is 1. The first kappa shape index (κ1) is 29.6. The molecule has 0 spiro atoms. The van der Waals surface area contributed by atoms with Gasteiger partial charge >= 0.3 is 5.97 Å². The van der Waals surface area contributed by atoms with Gasteiger partial charge in [0, 0.05) is 54.6 Å². The molecule has 11 heteroatoms. The van der Waals surface area contributed by atoms with Gasteiger partial charge in [-0.25, -0.2) is 4.79 Å². The van der Waals surface area contributed by atoms with Gasteiger partial charge in [-0.1, -0.05) is 6.08 Å². The Morgan fingerprint density at radius 1 is 1.00 bits per heavy atom. The third-order valence-corrected chi connectivity index (χ3v) is 6.96. The molecule has 1 aliphatic heterocycles. The molecule has 216 valence electrons. The number of carbonyl (C=O) groups is 2. The minimum absolute atomic E-state index is 0.00702. The topological polar surface area (TPSA) is 143 Å². The Kier molecular flexibility index (Phi) is 9.64. The number of nitrogens with one attached hydrogen (secondary N) is 3. The molecule has 0 saturated carbocycles. The van der Waals surface area contributed by atoms with Crippen LogP contribution in [-0.2, 0) is 4.79 Å². The lowest BCUT2D eigenvalue weighted by Crippen LogP contribution is -2.32. The van der Waals surface area contributed by atoms with E-state index in [1.54, 1.807) is 24.3 Å². The number of amides is 1. The van der Waals surface area contributed by atoms with Crippen molar-refractivity contribution in [3.8, 4) is 11.5 Å². The molecule has 1 unspecified atom stereocenters. The molecule has 1 amide bonds. The number of benzene rings is 2. The highest BCUT2D eigenvalue weighted by atomic mass is 32.1. The fourth-order valence-corrected chi connectivity index (χ4v) is 4.99. The van der Waals surface area contributed by atoms with Crippen LogP contribution in [0.15, 0.2) is 66.0 Å². The molecule has 2 aliphatic rings. The molecule has 4 rings (SSSR count). The number of rotatable bonds is 11. The highest BCUT2D eigenvalue weighted by Crippen LogP contribution is 2.44. The smallest absolute Gasteiger partial charge is 0.336 e. The third-order valence-electron chi connectivity index (χ3n) is 6.71. The predicted molar refractivity (Wildman–Crippen MR) is 161 cm³/mol. The van der Waals surface area contributed by atoms with Crippen LogP contribution in [0.2, 0.25) is 0 Å². The lowest BCUT2D eigenvalue weighted by molar-refractivity contribution is -0.118. The Labute approximate surface area is 244 Å². The molecular formula is C30H34N4O6S. The average molecular weight is 579 g/mol. The van der Waals surface area contributed by atoms with Gasteiger partial charge in [0.1, 0.15) is 23.4 Å². The maximum absolute atomic E-state index is 12.3. The Morgan fingerprint density at radius 3 is 2.44 bits per heavy atom. The molecule has 0 aromatic heterocycles. The zero-order chi connectivity index (χ0) is 29.5. The van der Waals surface area contributed by atoms with E-state index in [0.717, 1.165) is 25.9 Å². The fraction of sp³-hybridized carbons (Fsp3) is 0.300. The second-order valence-electron chi connectivity index (χ2n) is 9.91. The lowest BCUT2D eigenvalue weighted by atomic mass is 9.84. The zero-order valence-electron chi connectivity index (χ0n) is 22.9. The standard InChI is InChI=1S/C30H34N4O6S/c1-18(35)31-11-3-13-34(2)14-4-12-32-30(41)33-19-5-8-22(29(38)39)25(15-19)28-23-9-6-20(36)16-26(23)40-27-17-21(37)7-10-24(27)28/h5-10,15-17,26,36-37H,3-4,11-14H2,1-2H3,(H,31,35)(H,38,39)(H2,32,33,41). The van der Waals surface area contributed by atoms with Crippen molar-refractivity contribution < 1.29 is 29.6 Å². The quantitative estimate of drug-likeness (QED) is 0.172. The molecule has 0 bridgehead atoms. The minimum Gasteiger partial charge on any atom is -0.508 e. The maximum atomic E-state index is 12.3. The second-order valence-corrected chi connectivity index (χ2v) is 10.3. The van der Waals surface area contributed by atoms with Crippen LogP contribution in [0.25, 0.3) is 5.57 Å². The van der Waals surface area contributed by atoms with Crippen molar-refractivity contribution in [2.75, 3.05) is 38.5 Å². The van der Waals surface area contributed by atoms with E-state index in [1.807, 2.05) is 7.05 Å². The van der Waals surface area contributed by atoms with E-state index in [0.29, 0.717) is 51.9 Å². The minimum atomic E-state index is -1.09. The number of ether oxygens (including phenoxy) is 1. The summed E-state index contributed by atoms with van der Waals surface area (Å²) in [4.78, 5) is 25.4. The number of nitrogens with zero attached hydrogens (tertiary/aromatic N) is 1. The van der Waals surface area contributed by atoms with Crippen LogP contribution in [0, 0.1) is 0 Å². The van der Waals surface area contributed by atoms with Crippen molar-refractivity contribution in [3.63, 3.8) is 0 Å². The van der Waals surface area contributed by atoms with Crippen molar-refractivity contribution >= 4 is 40.5 Å². The third kappa shape index (κ3) is 7.65. The summed E-state index contributed by atoms with van der Waals surface area (Å²) in [7, 11) is 2.03. The number of hydrogen-bond donors (Lipinski definition) is 6. The molecule has 0 fully saturated rings. The molecule has 6 N–H and O–H groups in total. The summed E-state index contributed by atoms with van der Waals surface area (Å²) in [6.45, 7) is 4.55. The lowest BCUT2D eigenvalue weighted by Gasteiger charge is -2.31. The van der Waals surface area contributed by atoms with E-state index in [2.05, 4.69) is 20.9 Å². The van der Waals surface area contributed by atoms with Crippen LogP contribution in [0.5, 0.6) is 11.5 Å². The number of carbonyl (C=O) groups excluding carboxylic acids is 1. The molecular weight excluding hydrogens is 544 g/mol. The number of fused-ring (bicyclic) bond motifs is 2. The monoisotopic (exact) mass is 578 g/mol. The maximum Gasteiger partial charge on any atom is 0.336 e. The van der Waals surface area contributed by atoms with Gasteiger partial charge in [-0.15, -0.1) is 0 Å². The number of aromatic hydroxyl groups is 1. The number of phenols is 1. The van der Waals surface area contributed by atoms with Crippen LogP contribution < -0.4 is 20.7 Å². The zero-order valence-corrected chi connectivity index (χ0v) is 23.8. The number of aliphatic hydroxyl groups excluding tert-OH is 1. The van der Waals surface area contributed by atoms with Gasteiger partial charge in [0.05, 0.1) is 5.56 Å². The van der Waals surface area contributed by atoms with Crippen molar-refractivity contribution in [3.05, 3.63) is 82.6 Å². The van der Waals surface area contributed by atoms with Crippen molar-refractivity contribution in [2.24, 2.45) is 0 Å². The first-order chi connectivity index (χ1) is 19.6. The van der Waals surface area contributed by atoms with Gasteiger partial charge in [0.15, 0.2) is 5.11 Å². The van der Waals surface area contributed by atoms with Gasteiger partial charge in [-0.05, 0) is 87.2 Å². The number of hydrogen-bond acceptors (Lipinski definition) is 7. The van der Waals surface area contributed by atoms with E-state index in [9.17, 15) is 24.9 Å². The molecule has 2 aromatic rings. The predicted octanol–water partition coefficient (Wildman–Crippen LogP) is 3.80. The first-order valence-corrected chi connectivity index (χ1v) is 13.7. The molecule has 1 heterocycles. The van der Waals surface area contributed by atoms with Crippen molar-refractivity contribution in [1.82, 2.24) is 15.5 Å². The summed E-state index contributed by atoms with van der Waals surface area (Å²) in [6.07, 6.45) is 5.85. The second kappa shape index (κ2) is 13.3. The van der Waals surface area contributed by atoms with Crippen molar-refractivity contribution in [1.29, 1.82) is 0 Å². The molecule has 1 atom stereocenters. The summed E-state index contributed by atoms with van der Waals surface area (Å²) >= 11 is 5.49. The first-order valence-electron chi connectivity index (χ1n) is 13.3. The largest absolute Gasteiger partial charge is 0.508 e. The summed E-state index contributed by atoms with van der Waals surface area (Å²) in [5, 5.41) is 39.7. The number of anilines is 1. The summed E-state index contributed by atoms with van der Waals surface area (Å²) in [6, 6.07) is 9.59. The van der Waals surface area contributed by atoms with Gasteiger partial charge in [-0.2, -0.15) is 0 Å². The molecule has 10 nitrogen and oxygen atoms in total. The van der Waals surface area contributed by atoms with Crippen LogP contribution in [0.4, 0.5) is 5.69 Å². The summed E-state index contributed by atoms with van der Waals surface area (Å²) in [5.41, 5.74) is 3.06. The Balaban J connectivity index is 1.48. The highest BCUT2D eigenvalue weighted by Gasteiger charge is 2.31. The Hall–Kier alpha value is -4.35. The van der Waals surface area contributed by atoms with E-state index in [1.165, 1.54) is 37.3 Å². The summed E-state index contributed by atoms with van der Waals surface area (Å²) in [5.74, 6) is -0.704. The van der Waals surface area contributed by atoms with Crippen LogP contribution >= 0.6 is 12.2 Å². The van der Waals surface area contributed by atoms with Crippen molar-refractivity contribution in [2.45, 2.75) is 25.9 Å². The van der Waals surface area contributed by atoms with E-state index >= 15 is 0 Å². The number of aliphatic hydroxyl groups is 1. The fourth-order valence-electron chi connectivity index (χ4n) is 4.77. The molecule has 2 aromatic carbocycles. The number of allylic oxidation sites excluding steroid dienone is 1. The van der Waals surface area contributed by atoms with Gasteiger partial charge in [0.2, 0.25) is 5.91 Å². The Bertz CT molecular complexity index is 1430. The average Bonchev–Trinajstić information content (AvgIpc) is 2.91. The molecule has 1 aliphatic carbocycles. The number of thiocarbonyl (C=S) groups is 1. The van der Waals surface area contributed by atoms with E-state index < -0.39 is 12.1 Å². The van der Waals surface area contributed by atoms with Gasteiger partial charge in [-0.3, -0.25) is 4.79 Å². The van der Waals surface area contributed by atoms with Crippen LogP contribution in [-0.4, -0.2) is 76.5 Å². The number of phenolic OH excluding ortho intramolecular Hbond substituents is 1. The van der Waals surface area contributed by atoms with E-state index in [-0.39, 0.29) is 23.0 Å². The van der Waals surface area contributed by atoms with Crippen LogP contribution in [0.3, 0.4) is 0 Å². The Morgan fingerprint density at radius 2 is 1.73 bits per heavy atom.